The number of aromatic nitrogens is 2. The number of H-pyrrole nitrogens is 1. The monoisotopic (exact) mass is 441 g/mol. The fourth-order valence-electron chi connectivity index (χ4n) is 2.83. The first kappa shape index (κ1) is 21.4. The van der Waals surface area contributed by atoms with E-state index >= 15 is 0 Å². The second kappa shape index (κ2) is 9.96. The molecule has 0 radical (unpaired) electrons. The zero-order chi connectivity index (χ0) is 21.5. The Balaban J connectivity index is 1.79. The molecule has 10 heteroatoms. The van der Waals surface area contributed by atoms with Crippen LogP contribution in [0.1, 0.15) is 24.8 Å². The first-order chi connectivity index (χ1) is 14.5. The van der Waals surface area contributed by atoms with Gasteiger partial charge in [0.2, 0.25) is 0 Å². The van der Waals surface area contributed by atoms with E-state index < -0.39 is 5.97 Å². The van der Waals surface area contributed by atoms with Crippen molar-refractivity contribution in [1.82, 2.24) is 9.97 Å². The molecule has 0 saturated carbocycles. The lowest BCUT2D eigenvalue weighted by molar-refractivity contribution is -0.137. The maximum absolute atomic E-state index is 13.0. The van der Waals surface area contributed by atoms with Crippen LogP contribution in [-0.2, 0) is 11.2 Å². The number of hydrogen-bond acceptors (Lipinski definition) is 6. The number of nitriles is 1. The lowest BCUT2D eigenvalue weighted by Gasteiger charge is -2.22. The lowest BCUT2D eigenvalue weighted by Crippen LogP contribution is -2.36. The number of anilines is 2. The zero-order valence-electron chi connectivity index (χ0n) is 15.9. The summed E-state index contributed by atoms with van der Waals surface area (Å²) >= 11 is 6.48. The van der Waals surface area contributed by atoms with Crippen LogP contribution in [0, 0.1) is 15.3 Å². The molecule has 0 aliphatic rings. The Morgan fingerprint density at radius 2 is 2.00 bits per heavy atom. The minimum atomic E-state index is -0.866. The van der Waals surface area contributed by atoms with Gasteiger partial charge in [-0.2, -0.15) is 5.26 Å². The predicted octanol–water partition coefficient (Wildman–Crippen LogP) is 4.71. The van der Waals surface area contributed by atoms with Crippen molar-refractivity contribution in [1.29, 1.82) is 5.26 Å². The van der Waals surface area contributed by atoms with E-state index in [1.807, 2.05) is 6.07 Å². The van der Waals surface area contributed by atoms with E-state index in [1.54, 1.807) is 30.3 Å². The number of aromatic amines is 1. The Kier molecular flexibility index (Phi) is 7.11. The van der Waals surface area contributed by atoms with E-state index in [0.29, 0.717) is 46.1 Å². The van der Waals surface area contributed by atoms with E-state index in [1.165, 1.54) is 16.2 Å². The number of thiazole rings is 1. The number of carboxylic acid groups (broad SMARTS) is 1. The molecule has 0 fully saturated rings. The highest BCUT2D eigenvalue weighted by molar-refractivity contribution is 7.73. The highest BCUT2D eigenvalue weighted by atomic mass is 32.1. The number of rotatable bonds is 8. The largest absolute Gasteiger partial charge is 0.481 e. The second-order valence-corrected chi connectivity index (χ2v) is 8.17. The van der Waals surface area contributed by atoms with Gasteiger partial charge in [-0.1, -0.05) is 23.5 Å². The number of pyridine rings is 1. The normalized spacial score (nSPS) is 10.5. The third kappa shape index (κ3) is 5.62. The maximum atomic E-state index is 13.0. The number of hydrogen-bond donors (Lipinski definition) is 3. The van der Waals surface area contributed by atoms with Gasteiger partial charge in [-0.25, -0.2) is 9.78 Å². The first-order valence-electron chi connectivity index (χ1n) is 9.22. The summed E-state index contributed by atoms with van der Waals surface area (Å²) in [7, 11) is 0. The van der Waals surface area contributed by atoms with Crippen LogP contribution in [0.3, 0.4) is 0 Å². The molecule has 8 nitrogen and oxygen atoms in total. The topological polar surface area (TPSA) is 122 Å². The van der Waals surface area contributed by atoms with Crippen LogP contribution >= 0.6 is 23.6 Å². The average molecular weight is 442 g/mol. The van der Waals surface area contributed by atoms with Crippen LogP contribution in [-0.4, -0.2) is 33.6 Å². The van der Waals surface area contributed by atoms with Crippen LogP contribution in [0.15, 0.2) is 36.4 Å². The van der Waals surface area contributed by atoms with Crippen molar-refractivity contribution in [2.45, 2.75) is 25.7 Å². The average Bonchev–Trinajstić information content (AvgIpc) is 3.08. The van der Waals surface area contributed by atoms with Crippen molar-refractivity contribution in [3.63, 3.8) is 0 Å². The number of aliphatic carboxylic acids is 1. The number of nitrogens with zero attached hydrogens (tertiary/aromatic N) is 3. The fourth-order valence-corrected chi connectivity index (χ4v) is 3.88. The van der Waals surface area contributed by atoms with Gasteiger partial charge in [-0.05, 0) is 54.9 Å². The number of carbonyl (C=O) groups is 2. The minimum absolute atomic E-state index is 0.0431. The summed E-state index contributed by atoms with van der Waals surface area (Å²) in [4.78, 5) is 33.5. The van der Waals surface area contributed by atoms with Crippen molar-refractivity contribution >= 4 is 57.4 Å². The molecule has 0 spiro atoms. The number of amides is 2. The molecule has 1 aromatic carbocycles. The first-order valence-corrected chi connectivity index (χ1v) is 10.4. The van der Waals surface area contributed by atoms with Gasteiger partial charge in [0.25, 0.3) is 0 Å². The molecule has 30 heavy (non-hydrogen) atoms. The molecule has 0 aliphatic carbocycles. The number of fused-ring (bicyclic) bond motifs is 1. The van der Waals surface area contributed by atoms with E-state index in [0.717, 1.165) is 11.1 Å². The summed E-state index contributed by atoms with van der Waals surface area (Å²) in [5.74, 6) is -0.406. The summed E-state index contributed by atoms with van der Waals surface area (Å²) in [6, 6.07) is 12.3. The number of nitrogens with one attached hydrogen (secondary N) is 2. The summed E-state index contributed by atoms with van der Waals surface area (Å²) < 4.78 is 0.601. The van der Waals surface area contributed by atoms with E-state index in [-0.39, 0.29) is 12.5 Å². The second-order valence-electron chi connectivity index (χ2n) is 6.50. The molecular weight excluding hydrogens is 422 g/mol. The number of benzene rings is 1. The zero-order valence-corrected chi connectivity index (χ0v) is 17.6. The molecular formula is C20H19N5O3S2. The Bertz CT molecular complexity index is 1150. The minimum Gasteiger partial charge on any atom is -0.481 e. The number of unbranched alkanes of at least 4 members (excludes halogenated alkanes) is 1. The van der Waals surface area contributed by atoms with Crippen molar-refractivity contribution in [3.05, 3.63) is 45.9 Å². The van der Waals surface area contributed by atoms with Crippen LogP contribution in [0.2, 0.25) is 0 Å². The number of urea groups is 1. The quantitative estimate of drug-likeness (QED) is 0.344. The molecule has 0 saturated heterocycles. The molecule has 2 amide bonds. The number of carbonyl (C=O) groups excluding carboxylic acids is 1. The van der Waals surface area contributed by atoms with E-state index in [2.05, 4.69) is 21.4 Å². The van der Waals surface area contributed by atoms with Gasteiger partial charge in [0.1, 0.15) is 10.6 Å². The summed E-state index contributed by atoms with van der Waals surface area (Å²) in [6.07, 6.45) is 1.31. The molecule has 2 heterocycles. The molecule has 3 N–H and O–H groups in total. The SMILES string of the molecule is N#CCc1ccc(NC(=O)N(CCCCC(=O)O)c2ccc3[nH]c(=S)sc3n2)cc1. The van der Waals surface area contributed by atoms with Gasteiger partial charge >= 0.3 is 12.0 Å². The third-order valence-corrected chi connectivity index (χ3v) is 5.45. The lowest BCUT2D eigenvalue weighted by atomic mass is 10.1. The Hall–Kier alpha value is -3.29. The van der Waals surface area contributed by atoms with Crippen molar-refractivity contribution in [3.8, 4) is 6.07 Å². The highest BCUT2D eigenvalue weighted by Gasteiger charge is 2.18. The van der Waals surface area contributed by atoms with Crippen LogP contribution in [0.5, 0.6) is 0 Å². The van der Waals surface area contributed by atoms with Crippen LogP contribution in [0.25, 0.3) is 10.3 Å². The molecule has 3 rings (SSSR count). The standard InChI is InChI=1S/C20H19N5O3S2/c21-11-10-13-4-6-14(7-5-13)22-19(28)25(12-2-1-3-17(26)27)16-9-8-15-18(24-16)30-20(29)23-15/h4-9H,1-3,10,12H2,(H,22,28)(H,23,29)(H,26,27). The van der Waals surface area contributed by atoms with Gasteiger partial charge in [0, 0.05) is 18.7 Å². The van der Waals surface area contributed by atoms with Gasteiger partial charge in [-0.15, -0.1) is 0 Å². The Morgan fingerprint density at radius 1 is 1.23 bits per heavy atom. The van der Waals surface area contributed by atoms with E-state index in [9.17, 15) is 9.59 Å². The summed E-state index contributed by atoms with van der Waals surface area (Å²) in [6.45, 7) is 0.319. The van der Waals surface area contributed by atoms with Crippen LogP contribution < -0.4 is 10.2 Å². The smallest absolute Gasteiger partial charge is 0.327 e. The van der Waals surface area contributed by atoms with E-state index in [4.69, 9.17) is 22.6 Å². The van der Waals surface area contributed by atoms with Gasteiger partial charge < -0.3 is 15.4 Å². The van der Waals surface area contributed by atoms with Crippen molar-refractivity contribution in [2.24, 2.45) is 0 Å². The summed E-state index contributed by atoms with van der Waals surface area (Å²) in [5, 5.41) is 20.4. The van der Waals surface area contributed by atoms with Crippen molar-refractivity contribution < 1.29 is 14.7 Å². The molecule has 2 aromatic heterocycles. The molecule has 154 valence electrons. The van der Waals surface area contributed by atoms with Gasteiger partial charge in [0.05, 0.1) is 18.0 Å². The Morgan fingerprint density at radius 3 is 2.70 bits per heavy atom. The predicted molar refractivity (Wildman–Crippen MR) is 118 cm³/mol. The summed E-state index contributed by atoms with van der Waals surface area (Å²) in [5.41, 5.74) is 2.26. The fraction of sp³-hybridized carbons (Fsp3) is 0.250. The van der Waals surface area contributed by atoms with Gasteiger partial charge in [0.15, 0.2) is 3.95 Å². The maximum Gasteiger partial charge on any atom is 0.327 e. The molecule has 3 aromatic rings. The third-order valence-electron chi connectivity index (χ3n) is 4.30. The Labute approximate surface area is 181 Å². The number of carboxylic acids is 1. The van der Waals surface area contributed by atoms with Gasteiger partial charge in [-0.3, -0.25) is 9.69 Å². The highest BCUT2D eigenvalue weighted by Crippen LogP contribution is 2.23. The molecule has 0 atom stereocenters. The molecule has 0 unspecified atom stereocenters. The molecule has 0 bridgehead atoms. The van der Waals surface area contributed by atoms with Crippen molar-refractivity contribution in [2.75, 3.05) is 16.8 Å². The van der Waals surface area contributed by atoms with Crippen LogP contribution in [0.4, 0.5) is 16.3 Å². The molecule has 0 aliphatic heterocycles.